The van der Waals surface area contributed by atoms with E-state index in [4.69, 9.17) is 5.11 Å². The van der Waals surface area contributed by atoms with Crippen LogP contribution in [0.15, 0.2) is 24.3 Å². The zero-order valence-electron chi connectivity index (χ0n) is 13.6. The average Bonchev–Trinajstić information content (AvgIpc) is 2.80. The van der Waals surface area contributed by atoms with Crippen molar-refractivity contribution in [2.24, 2.45) is 0 Å². The molecule has 1 unspecified atom stereocenters. The van der Waals surface area contributed by atoms with E-state index in [1.54, 1.807) is 18.2 Å². The Hall–Kier alpha value is -2.11. The number of hydrogen-bond donors (Lipinski definition) is 6. The van der Waals surface area contributed by atoms with E-state index >= 15 is 4.39 Å². The lowest BCUT2D eigenvalue weighted by Gasteiger charge is -2.37. The Balaban J connectivity index is 2.01. The van der Waals surface area contributed by atoms with Crippen molar-refractivity contribution in [3.63, 3.8) is 0 Å². The maximum Gasteiger partial charge on any atom is 0.303 e. The Morgan fingerprint density at radius 2 is 2.08 bits per heavy atom. The number of aliphatic hydroxyl groups is 1. The SMILES string of the molecule is O=C(O)CCCc1ccc2cc(O)c(N3CC(O)NS3(O)O)c(F)c2c1. The molecule has 0 amide bonds. The van der Waals surface area contributed by atoms with Gasteiger partial charge in [0, 0.05) is 11.8 Å². The Morgan fingerprint density at radius 1 is 1.35 bits per heavy atom. The van der Waals surface area contributed by atoms with Gasteiger partial charge in [0.05, 0.1) is 6.54 Å². The molecule has 8 nitrogen and oxygen atoms in total. The number of carboxylic acid groups (broad SMARTS) is 1. The summed E-state index contributed by atoms with van der Waals surface area (Å²) < 4.78 is 38.0. The first-order valence-corrected chi connectivity index (χ1v) is 9.36. The van der Waals surface area contributed by atoms with Crippen molar-refractivity contribution in [3.05, 3.63) is 35.6 Å². The first-order valence-electron chi connectivity index (χ1n) is 7.86. The third-order valence-corrected chi connectivity index (χ3v) is 5.68. The number of aryl methyl sites for hydroxylation is 1. The minimum absolute atomic E-state index is 0.000409. The minimum atomic E-state index is -3.67. The zero-order valence-corrected chi connectivity index (χ0v) is 14.4. The predicted molar refractivity (Wildman–Crippen MR) is 95.5 cm³/mol. The number of nitrogens with one attached hydrogen (secondary N) is 1. The van der Waals surface area contributed by atoms with Gasteiger partial charge in [-0.15, -0.1) is 0 Å². The van der Waals surface area contributed by atoms with Crippen LogP contribution in [0.25, 0.3) is 10.8 Å². The summed E-state index contributed by atoms with van der Waals surface area (Å²) in [5, 5.41) is 29.0. The van der Waals surface area contributed by atoms with Gasteiger partial charge >= 0.3 is 5.97 Å². The molecule has 0 bridgehead atoms. The van der Waals surface area contributed by atoms with Crippen LogP contribution >= 0.6 is 11.0 Å². The molecule has 1 aliphatic heterocycles. The quantitative estimate of drug-likeness (QED) is 0.461. The van der Waals surface area contributed by atoms with Crippen molar-refractivity contribution in [2.75, 3.05) is 10.8 Å². The van der Waals surface area contributed by atoms with Gasteiger partial charge in [-0.25, -0.2) is 8.70 Å². The second-order valence-corrected chi connectivity index (χ2v) is 7.79. The average molecular weight is 386 g/mol. The number of phenolic OH excluding ortho intramolecular Hbond substituents is 1. The molecule has 0 aliphatic carbocycles. The van der Waals surface area contributed by atoms with Crippen molar-refractivity contribution in [1.82, 2.24) is 4.72 Å². The number of halogens is 1. The number of carbonyl (C=O) groups is 1. The molecule has 0 saturated carbocycles. The smallest absolute Gasteiger partial charge is 0.303 e. The van der Waals surface area contributed by atoms with E-state index in [1.807, 2.05) is 0 Å². The Kier molecular flexibility index (Phi) is 4.95. The van der Waals surface area contributed by atoms with Crippen LogP contribution in [0.1, 0.15) is 18.4 Å². The standard InChI is InChI=1S/C16H19FN2O6S/c17-15-11-6-9(2-1-3-14(22)23)4-5-10(11)7-12(20)16(15)19-8-13(21)18-26(19,24)25/h4-7,13,18,20-21,24-25H,1-3,8H2,(H,22,23). The summed E-state index contributed by atoms with van der Waals surface area (Å²) in [5.74, 6) is -2.24. The normalized spacial score (nSPS) is 20.5. The highest BCUT2D eigenvalue weighted by Gasteiger charge is 2.38. The summed E-state index contributed by atoms with van der Waals surface area (Å²) in [7, 11) is -3.67. The number of benzene rings is 2. The summed E-state index contributed by atoms with van der Waals surface area (Å²) >= 11 is 0. The van der Waals surface area contributed by atoms with Crippen LogP contribution in [-0.4, -0.2) is 43.2 Å². The second kappa shape index (κ2) is 6.89. The van der Waals surface area contributed by atoms with Gasteiger partial charge in [-0.05, 0) is 35.9 Å². The highest BCUT2D eigenvalue weighted by molar-refractivity contribution is 8.24. The number of aliphatic carboxylic acids is 1. The fourth-order valence-corrected chi connectivity index (χ4v) is 4.32. The van der Waals surface area contributed by atoms with E-state index in [2.05, 4.69) is 4.72 Å². The molecular weight excluding hydrogens is 367 g/mol. The van der Waals surface area contributed by atoms with E-state index in [9.17, 15) is 24.1 Å². The molecule has 1 saturated heterocycles. The molecule has 0 aromatic heterocycles. The maximum absolute atomic E-state index is 15.1. The molecular formula is C16H19FN2O6S. The van der Waals surface area contributed by atoms with Gasteiger partial charge in [0.25, 0.3) is 0 Å². The predicted octanol–water partition coefficient (Wildman–Crippen LogP) is 2.40. The molecule has 1 fully saturated rings. The van der Waals surface area contributed by atoms with Crippen LogP contribution in [0.4, 0.5) is 10.1 Å². The lowest BCUT2D eigenvalue weighted by Crippen LogP contribution is -2.26. The molecule has 6 N–H and O–H groups in total. The topological polar surface area (TPSA) is 133 Å². The number of nitrogens with zero attached hydrogens (tertiary/aromatic N) is 1. The first-order chi connectivity index (χ1) is 12.2. The van der Waals surface area contributed by atoms with Gasteiger partial charge in [0.15, 0.2) is 5.82 Å². The molecule has 0 radical (unpaired) electrons. The molecule has 26 heavy (non-hydrogen) atoms. The molecule has 10 heteroatoms. The number of β-amino-alcohol motifs (C(OH)–C–C–N with tert-alkyl or cyclic N) is 1. The fraction of sp³-hybridized carbons (Fsp3) is 0.312. The Bertz CT molecular complexity index is 862. The third kappa shape index (κ3) is 3.55. The molecule has 0 spiro atoms. The number of rotatable bonds is 5. The van der Waals surface area contributed by atoms with Crippen LogP contribution in [0.2, 0.25) is 0 Å². The van der Waals surface area contributed by atoms with Crippen molar-refractivity contribution in [2.45, 2.75) is 25.5 Å². The fourth-order valence-electron chi connectivity index (χ4n) is 2.97. The Morgan fingerprint density at radius 3 is 2.69 bits per heavy atom. The monoisotopic (exact) mass is 386 g/mol. The summed E-state index contributed by atoms with van der Waals surface area (Å²) in [6, 6.07) is 6.17. The number of aliphatic hydroxyl groups excluding tert-OH is 1. The van der Waals surface area contributed by atoms with Gasteiger partial charge in [-0.2, -0.15) is 4.72 Å². The molecule has 142 valence electrons. The van der Waals surface area contributed by atoms with Gasteiger partial charge in [0.2, 0.25) is 0 Å². The number of fused-ring (bicyclic) bond motifs is 1. The van der Waals surface area contributed by atoms with E-state index < -0.39 is 40.4 Å². The first kappa shape index (κ1) is 18.7. The zero-order chi connectivity index (χ0) is 19.1. The van der Waals surface area contributed by atoms with Crippen LogP contribution in [-0.2, 0) is 11.2 Å². The molecule has 2 aromatic carbocycles. The van der Waals surface area contributed by atoms with Gasteiger partial charge in [0.1, 0.15) is 17.7 Å². The van der Waals surface area contributed by atoms with Crippen molar-refractivity contribution in [3.8, 4) is 5.75 Å². The van der Waals surface area contributed by atoms with Crippen molar-refractivity contribution < 1.29 is 33.6 Å². The van der Waals surface area contributed by atoms with Gasteiger partial charge in [-0.3, -0.25) is 13.9 Å². The summed E-state index contributed by atoms with van der Waals surface area (Å²) in [4.78, 5) is 10.6. The van der Waals surface area contributed by atoms with E-state index in [1.165, 1.54) is 6.07 Å². The molecule has 1 atom stereocenters. The third-order valence-electron chi connectivity index (χ3n) is 4.14. The van der Waals surface area contributed by atoms with Crippen LogP contribution in [0, 0.1) is 5.82 Å². The molecule has 1 aliphatic rings. The molecule has 1 heterocycles. The van der Waals surface area contributed by atoms with E-state index in [0.29, 0.717) is 18.2 Å². The minimum Gasteiger partial charge on any atom is -0.506 e. The summed E-state index contributed by atoms with van der Waals surface area (Å²) in [6.45, 7) is -0.309. The van der Waals surface area contributed by atoms with Crippen LogP contribution < -0.4 is 9.03 Å². The van der Waals surface area contributed by atoms with Crippen LogP contribution in [0.5, 0.6) is 5.75 Å². The van der Waals surface area contributed by atoms with Gasteiger partial charge in [-0.1, -0.05) is 23.1 Å². The number of phenols is 1. The largest absolute Gasteiger partial charge is 0.506 e. The maximum atomic E-state index is 15.1. The summed E-state index contributed by atoms with van der Waals surface area (Å²) in [5.41, 5.74) is 0.310. The van der Waals surface area contributed by atoms with E-state index in [0.717, 1.165) is 9.87 Å². The second-order valence-electron chi connectivity index (χ2n) is 6.07. The molecule has 3 rings (SSSR count). The number of hydrogen-bond acceptors (Lipinski definition) is 7. The number of anilines is 1. The van der Waals surface area contributed by atoms with E-state index in [-0.39, 0.29) is 18.4 Å². The molecule has 2 aromatic rings. The van der Waals surface area contributed by atoms with Gasteiger partial charge < -0.3 is 15.3 Å². The Labute approximate surface area is 150 Å². The van der Waals surface area contributed by atoms with Crippen LogP contribution in [0.3, 0.4) is 0 Å². The highest BCUT2D eigenvalue weighted by atomic mass is 32.3. The lowest BCUT2D eigenvalue weighted by molar-refractivity contribution is -0.137. The summed E-state index contributed by atoms with van der Waals surface area (Å²) in [6.07, 6.45) is -0.441. The van der Waals surface area contributed by atoms with Crippen molar-refractivity contribution in [1.29, 1.82) is 0 Å². The number of carboxylic acids is 1. The highest BCUT2D eigenvalue weighted by Crippen LogP contribution is 2.51. The number of aromatic hydroxyl groups is 1. The van der Waals surface area contributed by atoms with Crippen molar-refractivity contribution >= 4 is 33.4 Å². The lowest BCUT2D eigenvalue weighted by atomic mass is 10.0.